The maximum Gasteiger partial charge on any atom is 0.252 e. The molecule has 0 aliphatic heterocycles. The van der Waals surface area contributed by atoms with Gasteiger partial charge in [-0.15, -0.1) is 5.10 Å². The summed E-state index contributed by atoms with van der Waals surface area (Å²) in [6.45, 7) is 9.89. The molecule has 0 amide bonds. The third-order valence-corrected chi connectivity index (χ3v) is 2.64. The van der Waals surface area contributed by atoms with Crippen molar-refractivity contribution in [2.45, 2.75) is 34.2 Å². The molecule has 2 rings (SSSR count). The Morgan fingerprint density at radius 1 is 1.21 bits per heavy atom. The third-order valence-electron chi connectivity index (χ3n) is 2.64. The lowest BCUT2D eigenvalue weighted by Crippen LogP contribution is -2.19. The molecule has 0 fully saturated rings. The highest BCUT2D eigenvalue weighted by Crippen LogP contribution is 2.04. The molecule has 2 aromatic heterocycles. The molecular formula is C13H20N6. The molecule has 0 unspecified atom stereocenters. The van der Waals surface area contributed by atoms with E-state index in [1.54, 1.807) is 4.68 Å². The molecule has 6 heteroatoms. The zero-order valence-electron chi connectivity index (χ0n) is 11.9. The molecule has 0 bridgehead atoms. The second-order valence-corrected chi connectivity index (χ2v) is 5.03. The summed E-state index contributed by atoms with van der Waals surface area (Å²) in [7, 11) is 0. The van der Waals surface area contributed by atoms with Crippen molar-refractivity contribution in [2.24, 2.45) is 5.92 Å². The van der Waals surface area contributed by atoms with E-state index in [0.29, 0.717) is 11.9 Å². The molecular weight excluding hydrogens is 240 g/mol. The first kappa shape index (κ1) is 13.6. The average molecular weight is 260 g/mol. The van der Waals surface area contributed by atoms with Gasteiger partial charge in [0.25, 0.3) is 5.95 Å². The first-order chi connectivity index (χ1) is 9.06. The van der Waals surface area contributed by atoms with E-state index in [9.17, 15) is 0 Å². The largest absolute Gasteiger partial charge is 0.312 e. The summed E-state index contributed by atoms with van der Waals surface area (Å²) in [4.78, 5) is 12.9. The number of nitrogens with zero attached hydrogens (tertiary/aromatic N) is 5. The Labute approximate surface area is 113 Å². The Bertz CT molecular complexity index is 529. The second-order valence-electron chi connectivity index (χ2n) is 5.03. The van der Waals surface area contributed by atoms with Crippen molar-refractivity contribution < 1.29 is 0 Å². The van der Waals surface area contributed by atoms with Gasteiger partial charge in [0, 0.05) is 24.5 Å². The lowest BCUT2D eigenvalue weighted by molar-refractivity contribution is 0.551. The summed E-state index contributed by atoms with van der Waals surface area (Å²) in [5.74, 6) is 2.72. The fraction of sp³-hybridized carbons (Fsp3) is 0.538. The van der Waals surface area contributed by atoms with Crippen LogP contribution in [-0.4, -0.2) is 31.3 Å². The van der Waals surface area contributed by atoms with Crippen LogP contribution in [0.15, 0.2) is 12.4 Å². The van der Waals surface area contributed by atoms with Crippen molar-refractivity contribution >= 4 is 0 Å². The molecule has 0 aromatic carbocycles. The van der Waals surface area contributed by atoms with Crippen LogP contribution in [0.25, 0.3) is 5.95 Å². The van der Waals surface area contributed by atoms with Gasteiger partial charge in [-0.1, -0.05) is 13.8 Å². The van der Waals surface area contributed by atoms with Gasteiger partial charge in [0.05, 0.1) is 0 Å². The van der Waals surface area contributed by atoms with Gasteiger partial charge < -0.3 is 5.32 Å². The topological polar surface area (TPSA) is 68.5 Å². The number of nitrogens with one attached hydrogen (secondary N) is 1. The highest BCUT2D eigenvalue weighted by atomic mass is 15.4. The Morgan fingerprint density at radius 2 is 1.89 bits per heavy atom. The van der Waals surface area contributed by atoms with Crippen LogP contribution in [-0.2, 0) is 6.54 Å². The van der Waals surface area contributed by atoms with E-state index in [1.807, 2.05) is 26.2 Å². The lowest BCUT2D eigenvalue weighted by atomic mass is 10.2. The van der Waals surface area contributed by atoms with Crippen LogP contribution >= 0.6 is 0 Å². The van der Waals surface area contributed by atoms with E-state index >= 15 is 0 Å². The molecule has 0 spiro atoms. The fourth-order valence-electron chi connectivity index (χ4n) is 1.76. The maximum atomic E-state index is 4.33. The normalized spacial score (nSPS) is 11.2. The monoisotopic (exact) mass is 260 g/mol. The predicted octanol–water partition coefficient (Wildman–Crippen LogP) is 1.42. The smallest absolute Gasteiger partial charge is 0.252 e. The van der Waals surface area contributed by atoms with Gasteiger partial charge in [-0.2, -0.15) is 4.68 Å². The average Bonchev–Trinajstić information content (AvgIpc) is 2.69. The second kappa shape index (κ2) is 5.88. The minimum absolute atomic E-state index is 0.561. The molecule has 2 heterocycles. The van der Waals surface area contributed by atoms with Gasteiger partial charge in [-0.3, -0.25) is 0 Å². The molecule has 0 saturated carbocycles. The van der Waals surface area contributed by atoms with Crippen LogP contribution in [0.5, 0.6) is 0 Å². The molecule has 0 aliphatic carbocycles. The molecule has 2 aromatic rings. The molecule has 0 saturated heterocycles. The molecule has 6 nitrogen and oxygen atoms in total. The highest BCUT2D eigenvalue weighted by molar-refractivity contribution is 5.15. The molecule has 0 aliphatic rings. The van der Waals surface area contributed by atoms with Gasteiger partial charge in [0.2, 0.25) is 0 Å². The fourth-order valence-corrected chi connectivity index (χ4v) is 1.76. The van der Waals surface area contributed by atoms with Gasteiger partial charge in [0.15, 0.2) is 0 Å². The van der Waals surface area contributed by atoms with E-state index in [0.717, 1.165) is 30.3 Å². The zero-order chi connectivity index (χ0) is 13.8. The minimum Gasteiger partial charge on any atom is -0.312 e. The Morgan fingerprint density at radius 3 is 2.42 bits per heavy atom. The van der Waals surface area contributed by atoms with E-state index in [2.05, 4.69) is 39.2 Å². The Balaban J connectivity index is 2.04. The molecule has 1 N–H and O–H groups in total. The SMILES string of the molecule is Cc1nc(C)n(-c2ncc(CNCC(C)C)cn2)n1. The summed E-state index contributed by atoms with van der Waals surface area (Å²) in [5.41, 5.74) is 1.07. The van der Waals surface area contributed by atoms with E-state index in [4.69, 9.17) is 0 Å². The first-order valence-corrected chi connectivity index (χ1v) is 6.48. The van der Waals surface area contributed by atoms with Crippen molar-refractivity contribution in [1.29, 1.82) is 0 Å². The first-order valence-electron chi connectivity index (χ1n) is 6.48. The van der Waals surface area contributed by atoms with E-state index < -0.39 is 0 Å². The van der Waals surface area contributed by atoms with Crippen molar-refractivity contribution in [3.63, 3.8) is 0 Å². The molecule has 19 heavy (non-hydrogen) atoms. The summed E-state index contributed by atoms with van der Waals surface area (Å²) in [6.07, 6.45) is 3.65. The minimum atomic E-state index is 0.561. The van der Waals surface area contributed by atoms with Crippen LogP contribution < -0.4 is 5.32 Å². The summed E-state index contributed by atoms with van der Waals surface area (Å²) in [5, 5.41) is 7.62. The number of aromatic nitrogens is 5. The van der Waals surface area contributed by atoms with Crippen molar-refractivity contribution in [3.8, 4) is 5.95 Å². The standard InChI is InChI=1S/C13H20N6/c1-9(2)5-14-6-12-7-15-13(16-8-12)19-11(4)17-10(3)18-19/h7-9,14H,5-6H2,1-4H3. The van der Waals surface area contributed by atoms with E-state index in [-0.39, 0.29) is 0 Å². The third kappa shape index (κ3) is 3.57. The van der Waals surface area contributed by atoms with Crippen LogP contribution in [0.2, 0.25) is 0 Å². The quantitative estimate of drug-likeness (QED) is 0.880. The van der Waals surface area contributed by atoms with Crippen LogP contribution in [0.3, 0.4) is 0 Å². The molecule has 0 radical (unpaired) electrons. The van der Waals surface area contributed by atoms with Gasteiger partial charge in [-0.05, 0) is 26.3 Å². The van der Waals surface area contributed by atoms with Crippen molar-refractivity contribution in [1.82, 2.24) is 30.0 Å². The predicted molar refractivity (Wildman–Crippen MR) is 73.0 cm³/mol. The van der Waals surface area contributed by atoms with Crippen molar-refractivity contribution in [2.75, 3.05) is 6.54 Å². The summed E-state index contributed by atoms with van der Waals surface area (Å²) in [6, 6.07) is 0. The number of aryl methyl sites for hydroxylation is 2. The van der Waals surface area contributed by atoms with Gasteiger partial charge >= 0.3 is 0 Å². The van der Waals surface area contributed by atoms with Crippen LogP contribution in [0, 0.1) is 19.8 Å². The molecule has 102 valence electrons. The maximum absolute atomic E-state index is 4.33. The summed E-state index contributed by atoms with van der Waals surface area (Å²) >= 11 is 0. The summed E-state index contributed by atoms with van der Waals surface area (Å²) < 4.78 is 1.65. The highest BCUT2D eigenvalue weighted by Gasteiger charge is 2.07. The zero-order valence-corrected chi connectivity index (χ0v) is 11.9. The molecule has 0 atom stereocenters. The van der Waals surface area contributed by atoms with Gasteiger partial charge in [-0.25, -0.2) is 15.0 Å². The Hall–Kier alpha value is -1.82. The van der Waals surface area contributed by atoms with Crippen LogP contribution in [0.1, 0.15) is 31.1 Å². The Kier molecular flexibility index (Phi) is 4.21. The van der Waals surface area contributed by atoms with E-state index in [1.165, 1.54) is 0 Å². The van der Waals surface area contributed by atoms with Crippen molar-refractivity contribution in [3.05, 3.63) is 29.6 Å². The number of hydrogen-bond acceptors (Lipinski definition) is 5. The number of rotatable bonds is 5. The number of hydrogen-bond donors (Lipinski definition) is 1. The lowest BCUT2D eigenvalue weighted by Gasteiger charge is -2.07. The van der Waals surface area contributed by atoms with Gasteiger partial charge in [0.1, 0.15) is 11.6 Å². The van der Waals surface area contributed by atoms with Crippen LogP contribution in [0.4, 0.5) is 0 Å².